The lowest BCUT2D eigenvalue weighted by atomic mass is 10.3. The Hall–Kier alpha value is -1.43. The minimum atomic E-state index is -3.90. The van der Waals surface area contributed by atoms with E-state index in [9.17, 15) is 17.6 Å². The van der Waals surface area contributed by atoms with Crippen LogP contribution in [0, 0.1) is 5.82 Å². The van der Waals surface area contributed by atoms with Crippen molar-refractivity contribution >= 4 is 15.7 Å². The van der Waals surface area contributed by atoms with Crippen LogP contribution in [0.15, 0.2) is 29.2 Å². The maximum absolute atomic E-state index is 13.2. The van der Waals surface area contributed by atoms with Gasteiger partial charge in [-0.25, -0.2) is 12.8 Å². The predicted octanol–water partition coefficient (Wildman–Crippen LogP) is 0.735. The van der Waals surface area contributed by atoms with Crippen molar-refractivity contribution in [1.82, 2.24) is 5.32 Å². The van der Waals surface area contributed by atoms with Gasteiger partial charge in [-0.1, -0.05) is 12.1 Å². The lowest BCUT2D eigenvalue weighted by Gasteiger charge is -2.05. The Morgan fingerprint density at radius 1 is 1.38 bits per heavy atom. The number of sulfone groups is 1. The molecule has 0 unspecified atom stereocenters. The van der Waals surface area contributed by atoms with E-state index in [1.54, 1.807) is 6.92 Å². The zero-order chi connectivity index (χ0) is 12.2. The summed E-state index contributed by atoms with van der Waals surface area (Å²) in [6.45, 7) is 2.01. The van der Waals surface area contributed by atoms with Crippen molar-refractivity contribution in [3.05, 3.63) is 30.1 Å². The summed E-state index contributed by atoms with van der Waals surface area (Å²) in [6, 6.07) is 4.99. The van der Waals surface area contributed by atoms with Gasteiger partial charge in [0, 0.05) is 6.54 Å². The number of benzene rings is 1. The van der Waals surface area contributed by atoms with E-state index >= 15 is 0 Å². The Morgan fingerprint density at radius 2 is 2.00 bits per heavy atom. The molecule has 1 aromatic carbocycles. The second kappa shape index (κ2) is 5.07. The third kappa shape index (κ3) is 3.03. The normalized spacial score (nSPS) is 11.1. The molecule has 1 N–H and O–H groups in total. The molecule has 88 valence electrons. The lowest BCUT2D eigenvalue weighted by Crippen LogP contribution is -2.30. The average Bonchev–Trinajstić information content (AvgIpc) is 2.17. The molecule has 0 aliphatic carbocycles. The SMILES string of the molecule is CCNC(=O)CS(=O)(=O)c1ccccc1F. The molecule has 1 amide bonds. The van der Waals surface area contributed by atoms with Crippen LogP contribution in [0.4, 0.5) is 4.39 Å². The Labute approximate surface area is 93.4 Å². The molecule has 0 spiro atoms. The molecule has 0 radical (unpaired) electrons. The summed E-state index contributed by atoms with van der Waals surface area (Å²) in [7, 11) is -3.90. The van der Waals surface area contributed by atoms with E-state index in [1.807, 2.05) is 0 Å². The van der Waals surface area contributed by atoms with Crippen LogP contribution in [0.5, 0.6) is 0 Å². The van der Waals surface area contributed by atoms with E-state index in [2.05, 4.69) is 5.32 Å². The summed E-state index contributed by atoms with van der Waals surface area (Å²) in [5, 5.41) is 2.35. The van der Waals surface area contributed by atoms with Gasteiger partial charge in [0.2, 0.25) is 5.91 Å². The molecule has 0 bridgehead atoms. The topological polar surface area (TPSA) is 63.2 Å². The second-order valence-corrected chi connectivity index (χ2v) is 5.10. The molecule has 0 aromatic heterocycles. The van der Waals surface area contributed by atoms with E-state index < -0.39 is 32.2 Å². The summed E-state index contributed by atoms with van der Waals surface area (Å²) in [5.74, 6) is -2.21. The molecule has 0 heterocycles. The number of carbonyl (C=O) groups is 1. The third-order valence-corrected chi connectivity index (χ3v) is 3.51. The van der Waals surface area contributed by atoms with Gasteiger partial charge in [-0.2, -0.15) is 0 Å². The van der Waals surface area contributed by atoms with Crippen molar-refractivity contribution in [3.8, 4) is 0 Å². The zero-order valence-corrected chi connectivity index (χ0v) is 9.55. The fraction of sp³-hybridized carbons (Fsp3) is 0.300. The predicted molar refractivity (Wildman–Crippen MR) is 57.1 cm³/mol. The van der Waals surface area contributed by atoms with Gasteiger partial charge in [0.1, 0.15) is 16.5 Å². The van der Waals surface area contributed by atoms with Crippen molar-refractivity contribution in [2.75, 3.05) is 12.3 Å². The van der Waals surface area contributed by atoms with Gasteiger partial charge < -0.3 is 5.32 Å². The highest BCUT2D eigenvalue weighted by Gasteiger charge is 2.21. The first-order valence-electron chi connectivity index (χ1n) is 4.71. The average molecular weight is 245 g/mol. The Kier molecular flexibility index (Phi) is 4.00. The molecule has 16 heavy (non-hydrogen) atoms. The van der Waals surface area contributed by atoms with Gasteiger partial charge in [-0.05, 0) is 19.1 Å². The standard InChI is InChI=1S/C10H12FNO3S/c1-2-12-10(13)7-16(14,15)9-6-4-3-5-8(9)11/h3-6H,2,7H2,1H3,(H,12,13). The highest BCUT2D eigenvalue weighted by Crippen LogP contribution is 2.14. The number of hydrogen-bond acceptors (Lipinski definition) is 3. The minimum absolute atomic E-state index is 0.339. The van der Waals surface area contributed by atoms with E-state index in [1.165, 1.54) is 12.1 Å². The molecule has 1 aromatic rings. The summed E-state index contributed by atoms with van der Waals surface area (Å²) < 4.78 is 36.5. The Balaban J connectivity index is 2.95. The summed E-state index contributed by atoms with van der Waals surface area (Å²) >= 11 is 0. The molecule has 0 saturated heterocycles. The monoisotopic (exact) mass is 245 g/mol. The molecule has 0 aliphatic heterocycles. The second-order valence-electron chi connectivity index (χ2n) is 3.14. The Bertz CT molecular complexity index is 485. The molecule has 0 atom stereocenters. The van der Waals surface area contributed by atoms with E-state index in [0.717, 1.165) is 12.1 Å². The molecule has 0 aliphatic rings. The summed E-state index contributed by atoms with van der Waals surface area (Å²) in [4.78, 5) is 10.7. The van der Waals surface area contributed by atoms with Gasteiger partial charge in [0.15, 0.2) is 9.84 Å². The Morgan fingerprint density at radius 3 is 2.56 bits per heavy atom. The molecule has 1 rings (SSSR count). The van der Waals surface area contributed by atoms with Crippen LogP contribution in [-0.2, 0) is 14.6 Å². The molecule has 0 fully saturated rings. The van der Waals surface area contributed by atoms with E-state index in [4.69, 9.17) is 0 Å². The molecular formula is C10H12FNO3S. The number of hydrogen-bond donors (Lipinski definition) is 1. The van der Waals surface area contributed by atoms with E-state index in [-0.39, 0.29) is 0 Å². The largest absolute Gasteiger partial charge is 0.355 e. The first-order chi connectivity index (χ1) is 7.47. The molecule has 4 nitrogen and oxygen atoms in total. The lowest BCUT2D eigenvalue weighted by molar-refractivity contribution is -0.118. The minimum Gasteiger partial charge on any atom is -0.355 e. The smallest absolute Gasteiger partial charge is 0.235 e. The van der Waals surface area contributed by atoms with Crippen molar-refractivity contribution in [1.29, 1.82) is 0 Å². The van der Waals surface area contributed by atoms with Gasteiger partial charge in [0.25, 0.3) is 0 Å². The summed E-state index contributed by atoms with van der Waals surface area (Å²) in [6.07, 6.45) is 0. The number of halogens is 1. The fourth-order valence-corrected chi connectivity index (χ4v) is 2.45. The van der Waals surface area contributed by atoms with Crippen LogP contribution >= 0.6 is 0 Å². The quantitative estimate of drug-likeness (QED) is 0.850. The van der Waals surface area contributed by atoms with Crippen LogP contribution in [-0.4, -0.2) is 26.6 Å². The zero-order valence-electron chi connectivity index (χ0n) is 8.73. The van der Waals surface area contributed by atoms with Crippen molar-refractivity contribution in [3.63, 3.8) is 0 Å². The highest BCUT2D eigenvalue weighted by atomic mass is 32.2. The van der Waals surface area contributed by atoms with Crippen LogP contribution in [0.1, 0.15) is 6.92 Å². The fourth-order valence-electron chi connectivity index (χ4n) is 1.20. The van der Waals surface area contributed by atoms with Gasteiger partial charge in [-0.3, -0.25) is 4.79 Å². The first kappa shape index (κ1) is 12.6. The molecule has 0 saturated carbocycles. The number of carbonyl (C=O) groups excluding carboxylic acids is 1. The van der Waals surface area contributed by atoms with Crippen molar-refractivity contribution in [2.24, 2.45) is 0 Å². The van der Waals surface area contributed by atoms with Gasteiger partial charge in [0.05, 0.1) is 0 Å². The van der Waals surface area contributed by atoms with Crippen LogP contribution in [0.25, 0.3) is 0 Å². The number of nitrogens with one attached hydrogen (secondary N) is 1. The summed E-state index contributed by atoms with van der Waals surface area (Å²) in [5.41, 5.74) is 0. The maximum atomic E-state index is 13.2. The van der Waals surface area contributed by atoms with Crippen molar-refractivity contribution < 1.29 is 17.6 Å². The molecule has 6 heteroatoms. The highest BCUT2D eigenvalue weighted by molar-refractivity contribution is 7.92. The number of rotatable bonds is 4. The van der Waals surface area contributed by atoms with Gasteiger partial charge in [-0.15, -0.1) is 0 Å². The van der Waals surface area contributed by atoms with E-state index in [0.29, 0.717) is 6.54 Å². The van der Waals surface area contributed by atoms with Crippen LogP contribution in [0.2, 0.25) is 0 Å². The van der Waals surface area contributed by atoms with Crippen molar-refractivity contribution in [2.45, 2.75) is 11.8 Å². The maximum Gasteiger partial charge on any atom is 0.235 e. The number of amides is 1. The third-order valence-electron chi connectivity index (χ3n) is 1.87. The molecular weight excluding hydrogens is 233 g/mol. The first-order valence-corrected chi connectivity index (χ1v) is 6.36. The van der Waals surface area contributed by atoms with Gasteiger partial charge >= 0.3 is 0 Å². The van der Waals surface area contributed by atoms with Crippen LogP contribution < -0.4 is 5.32 Å². The van der Waals surface area contributed by atoms with Crippen LogP contribution in [0.3, 0.4) is 0 Å².